The zero-order valence-corrected chi connectivity index (χ0v) is 20.7. The topological polar surface area (TPSA) is 65.0 Å². The summed E-state index contributed by atoms with van der Waals surface area (Å²) in [6.45, 7) is 15.1. The van der Waals surface area contributed by atoms with E-state index in [-0.39, 0.29) is 29.5 Å². The molecule has 2 atom stereocenters. The maximum absolute atomic E-state index is 12.6. The summed E-state index contributed by atoms with van der Waals surface area (Å²) in [5.41, 5.74) is 0.911. The van der Waals surface area contributed by atoms with Crippen LogP contribution < -0.4 is 0 Å². The molecule has 184 valence electrons. The highest BCUT2D eigenvalue weighted by Crippen LogP contribution is 2.20. The fourth-order valence-corrected chi connectivity index (χ4v) is 3.31. The van der Waals surface area contributed by atoms with E-state index in [1.165, 1.54) is 19.3 Å². The van der Waals surface area contributed by atoms with Gasteiger partial charge in [-0.1, -0.05) is 64.8 Å². The van der Waals surface area contributed by atoms with Crippen LogP contribution in [0.25, 0.3) is 0 Å². The highest BCUT2D eigenvalue weighted by molar-refractivity contribution is 5.73. The van der Waals surface area contributed by atoms with Gasteiger partial charge >= 0.3 is 5.97 Å². The van der Waals surface area contributed by atoms with Gasteiger partial charge in [-0.3, -0.25) is 4.79 Å². The highest BCUT2D eigenvalue weighted by Gasteiger charge is 2.21. The van der Waals surface area contributed by atoms with Gasteiger partial charge in [0.1, 0.15) is 23.9 Å². The van der Waals surface area contributed by atoms with E-state index in [1.807, 2.05) is 0 Å². The van der Waals surface area contributed by atoms with E-state index in [2.05, 4.69) is 33.9 Å². The summed E-state index contributed by atoms with van der Waals surface area (Å²) in [6.07, 6.45) is 11.4. The Morgan fingerprint density at radius 1 is 0.970 bits per heavy atom. The molecule has 0 aliphatic rings. The second kappa shape index (κ2) is 17.0. The van der Waals surface area contributed by atoms with Crippen LogP contribution >= 0.6 is 0 Å². The van der Waals surface area contributed by atoms with Crippen LogP contribution in [-0.4, -0.2) is 23.8 Å². The van der Waals surface area contributed by atoms with Gasteiger partial charge in [-0.05, 0) is 62.5 Å². The van der Waals surface area contributed by atoms with Crippen LogP contribution in [0.4, 0.5) is 0 Å². The lowest BCUT2D eigenvalue weighted by atomic mass is 9.96. The first kappa shape index (κ1) is 28.5. The molecule has 0 fully saturated rings. The predicted molar refractivity (Wildman–Crippen MR) is 134 cm³/mol. The van der Waals surface area contributed by atoms with Crippen LogP contribution in [0.3, 0.4) is 0 Å². The summed E-state index contributed by atoms with van der Waals surface area (Å²) in [4.78, 5) is 12.6. The molecule has 1 aromatic carbocycles. The van der Waals surface area contributed by atoms with Crippen LogP contribution in [0.1, 0.15) is 77.7 Å². The Kier molecular flexibility index (Phi) is 14.7. The van der Waals surface area contributed by atoms with Gasteiger partial charge in [-0.25, -0.2) is 0 Å². The summed E-state index contributed by atoms with van der Waals surface area (Å²) in [6, 6.07) is 6.76. The molecule has 5 nitrogen and oxygen atoms in total. The Balaban J connectivity index is 2.38. The SMILES string of the molecule is C=C(/C=C\C(=C)OC(=O)C(CCC)CCC(C)OCCCCCC)OCc1ccc(O)cc1. The normalized spacial score (nSPS) is 12.9. The molecule has 0 saturated carbocycles. The summed E-state index contributed by atoms with van der Waals surface area (Å²) in [7, 11) is 0. The number of hydrogen-bond donors (Lipinski definition) is 1. The third-order valence-corrected chi connectivity index (χ3v) is 5.34. The molecule has 0 amide bonds. The van der Waals surface area contributed by atoms with Gasteiger partial charge in [0.25, 0.3) is 0 Å². The standard InChI is InChI=1S/C28H42O5/c1-6-8-9-10-20-31-22(3)14-17-26(11-7-2)28(30)33-24(5)13-12-23(4)32-21-25-15-18-27(29)19-16-25/h12-13,15-16,18-19,22,26,29H,4-11,14,17,20-21H2,1-3H3/b13-12-. The molecule has 1 N–H and O–H groups in total. The maximum Gasteiger partial charge on any atom is 0.314 e. The molecule has 0 radical (unpaired) electrons. The lowest BCUT2D eigenvalue weighted by Gasteiger charge is -2.18. The van der Waals surface area contributed by atoms with Gasteiger partial charge in [0.2, 0.25) is 0 Å². The monoisotopic (exact) mass is 458 g/mol. The van der Waals surface area contributed by atoms with Crippen molar-refractivity contribution in [3.63, 3.8) is 0 Å². The van der Waals surface area contributed by atoms with Crippen molar-refractivity contribution in [2.45, 2.75) is 84.8 Å². The summed E-state index contributed by atoms with van der Waals surface area (Å²) in [5, 5.41) is 9.32. The summed E-state index contributed by atoms with van der Waals surface area (Å²) < 4.78 is 16.9. The summed E-state index contributed by atoms with van der Waals surface area (Å²) >= 11 is 0. The molecular formula is C28H42O5. The van der Waals surface area contributed by atoms with Crippen LogP contribution in [-0.2, 0) is 25.6 Å². The molecule has 0 aromatic heterocycles. The van der Waals surface area contributed by atoms with Crippen molar-refractivity contribution in [1.82, 2.24) is 0 Å². The van der Waals surface area contributed by atoms with Gasteiger partial charge in [0.15, 0.2) is 0 Å². The molecule has 0 aliphatic carbocycles. The number of carbonyl (C=O) groups is 1. The number of benzene rings is 1. The van der Waals surface area contributed by atoms with E-state index in [0.29, 0.717) is 12.4 Å². The Bertz CT molecular complexity index is 735. The second-order valence-electron chi connectivity index (χ2n) is 8.45. The molecule has 1 rings (SSSR count). The first-order valence-electron chi connectivity index (χ1n) is 12.2. The number of esters is 1. The molecule has 1 aromatic rings. The fourth-order valence-electron chi connectivity index (χ4n) is 3.31. The molecule has 33 heavy (non-hydrogen) atoms. The number of allylic oxidation sites excluding steroid dienone is 2. The Labute approximate surface area is 200 Å². The number of carbonyl (C=O) groups excluding carboxylic acids is 1. The average Bonchev–Trinajstić information content (AvgIpc) is 2.79. The lowest BCUT2D eigenvalue weighted by Crippen LogP contribution is -2.20. The minimum absolute atomic E-state index is 0.135. The van der Waals surface area contributed by atoms with E-state index in [9.17, 15) is 9.90 Å². The van der Waals surface area contributed by atoms with Gasteiger partial charge in [0, 0.05) is 6.61 Å². The van der Waals surface area contributed by atoms with Crippen LogP contribution in [0.2, 0.25) is 0 Å². The van der Waals surface area contributed by atoms with Gasteiger partial charge in [-0.15, -0.1) is 0 Å². The molecule has 0 saturated heterocycles. The van der Waals surface area contributed by atoms with Crippen molar-refractivity contribution in [3.05, 3.63) is 66.7 Å². The molecule has 0 spiro atoms. The van der Waals surface area contributed by atoms with E-state index in [4.69, 9.17) is 14.2 Å². The van der Waals surface area contributed by atoms with Crippen molar-refractivity contribution in [2.24, 2.45) is 5.92 Å². The van der Waals surface area contributed by atoms with Crippen LogP contribution in [0.5, 0.6) is 5.75 Å². The van der Waals surface area contributed by atoms with E-state index >= 15 is 0 Å². The minimum atomic E-state index is -0.253. The van der Waals surface area contributed by atoms with Crippen molar-refractivity contribution in [2.75, 3.05) is 6.61 Å². The van der Waals surface area contributed by atoms with Crippen molar-refractivity contribution >= 4 is 5.97 Å². The minimum Gasteiger partial charge on any atom is -0.508 e. The molecule has 0 aliphatic heterocycles. The van der Waals surface area contributed by atoms with Gasteiger partial charge in [0.05, 0.1) is 12.0 Å². The fraction of sp³-hybridized carbons (Fsp3) is 0.536. The predicted octanol–water partition coefficient (Wildman–Crippen LogP) is 7.22. The smallest absolute Gasteiger partial charge is 0.314 e. The van der Waals surface area contributed by atoms with Crippen molar-refractivity contribution < 1.29 is 24.1 Å². The molecule has 0 bridgehead atoms. The van der Waals surface area contributed by atoms with Gasteiger partial charge < -0.3 is 19.3 Å². The molecule has 2 unspecified atom stereocenters. The molecular weight excluding hydrogens is 416 g/mol. The number of unbranched alkanes of at least 4 members (excludes halogenated alkanes) is 3. The number of rotatable bonds is 18. The first-order valence-corrected chi connectivity index (χ1v) is 12.2. The Morgan fingerprint density at radius 3 is 2.33 bits per heavy atom. The van der Waals surface area contributed by atoms with Crippen molar-refractivity contribution in [1.29, 1.82) is 0 Å². The van der Waals surface area contributed by atoms with E-state index in [0.717, 1.165) is 44.3 Å². The highest BCUT2D eigenvalue weighted by atomic mass is 16.5. The third-order valence-electron chi connectivity index (χ3n) is 5.34. The zero-order chi connectivity index (χ0) is 24.5. The lowest BCUT2D eigenvalue weighted by molar-refractivity contribution is -0.144. The first-order chi connectivity index (χ1) is 15.8. The number of ether oxygens (including phenoxy) is 3. The van der Waals surface area contributed by atoms with Crippen molar-refractivity contribution in [3.8, 4) is 5.75 Å². The number of hydrogen-bond acceptors (Lipinski definition) is 5. The number of phenolic OH excluding ortho intramolecular Hbond substituents is 1. The molecule has 0 heterocycles. The summed E-state index contributed by atoms with van der Waals surface area (Å²) in [5.74, 6) is 0.477. The maximum atomic E-state index is 12.6. The second-order valence-corrected chi connectivity index (χ2v) is 8.45. The van der Waals surface area contributed by atoms with E-state index in [1.54, 1.807) is 36.4 Å². The van der Waals surface area contributed by atoms with Gasteiger partial charge in [-0.2, -0.15) is 0 Å². The van der Waals surface area contributed by atoms with Crippen LogP contribution in [0.15, 0.2) is 61.1 Å². The quantitative estimate of drug-likeness (QED) is 0.109. The third kappa shape index (κ3) is 13.6. The largest absolute Gasteiger partial charge is 0.508 e. The number of phenols is 1. The Morgan fingerprint density at radius 2 is 1.67 bits per heavy atom. The zero-order valence-electron chi connectivity index (χ0n) is 20.7. The van der Waals surface area contributed by atoms with Crippen LogP contribution in [0, 0.1) is 5.92 Å². The Hall–Kier alpha value is -2.53. The van der Waals surface area contributed by atoms with E-state index < -0.39 is 0 Å². The number of aromatic hydroxyl groups is 1. The average molecular weight is 459 g/mol. The molecule has 5 heteroatoms.